The second-order valence-corrected chi connectivity index (χ2v) is 9.24. The molecule has 2 aromatic heterocycles. The van der Waals surface area contributed by atoms with Gasteiger partial charge >= 0.3 is 5.63 Å². The number of likely N-dealkylation sites (N-methyl/N-ethyl adjacent to an activating group) is 1. The Labute approximate surface area is 179 Å². The van der Waals surface area contributed by atoms with Crippen molar-refractivity contribution in [2.24, 2.45) is 0 Å². The molecule has 0 aliphatic carbocycles. The van der Waals surface area contributed by atoms with Crippen LogP contribution in [0.5, 0.6) is 0 Å². The van der Waals surface area contributed by atoms with Crippen LogP contribution in [0.1, 0.15) is 18.9 Å². The zero-order valence-electron chi connectivity index (χ0n) is 17.5. The average Bonchev–Trinajstić information content (AvgIpc) is 3.12. The molecule has 0 unspecified atom stereocenters. The highest BCUT2D eigenvalue weighted by atomic mass is 32.1. The summed E-state index contributed by atoms with van der Waals surface area (Å²) < 4.78 is 6.84. The standard InChI is InChI=1S/C24H25N3O2S/c1-4-26-9-10-27(14-15(26)2)19-7-5-18-11-20(24(28)29-22(18)13-19)17-6-8-21-23(12-17)30-16(3)25-21/h5-8,11-13,15H,4,9-10,14H2,1-3H3/t15-/m0/s1. The summed E-state index contributed by atoms with van der Waals surface area (Å²) in [4.78, 5) is 22.2. The third-order valence-corrected chi connectivity index (χ3v) is 7.00. The minimum atomic E-state index is -0.301. The van der Waals surface area contributed by atoms with Gasteiger partial charge in [0.05, 0.1) is 20.8 Å². The molecule has 4 aromatic rings. The lowest BCUT2D eigenvalue weighted by molar-refractivity contribution is 0.199. The summed E-state index contributed by atoms with van der Waals surface area (Å²) in [5, 5.41) is 1.96. The molecule has 6 heteroatoms. The number of aromatic nitrogens is 1. The third-order valence-electron chi connectivity index (χ3n) is 6.06. The van der Waals surface area contributed by atoms with E-state index >= 15 is 0 Å². The van der Waals surface area contributed by atoms with Crippen molar-refractivity contribution in [1.82, 2.24) is 9.88 Å². The Morgan fingerprint density at radius 1 is 1.17 bits per heavy atom. The number of rotatable bonds is 3. The summed E-state index contributed by atoms with van der Waals surface area (Å²) in [5.41, 5.74) is 3.88. The molecule has 30 heavy (non-hydrogen) atoms. The number of benzene rings is 2. The fourth-order valence-corrected chi connectivity index (χ4v) is 5.27. The van der Waals surface area contributed by atoms with E-state index in [2.05, 4.69) is 40.8 Å². The summed E-state index contributed by atoms with van der Waals surface area (Å²) >= 11 is 1.64. The maximum absolute atomic E-state index is 12.8. The van der Waals surface area contributed by atoms with Crippen LogP contribution in [-0.2, 0) is 0 Å². The monoisotopic (exact) mass is 419 g/mol. The van der Waals surface area contributed by atoms with Gasteiger partial charge in [-0.1, -0.05) is 13.0 Å². The smallest absolute Gasteiger partial charge is 0.344 e. The summed E-state index contributed by atoms with van der Waals surface area (Å²) in [5.74, 6) is 0. The molecule has 0 saturated carbocycles. The van der Waals surface area contributed by atoms with Gasteiger partial charge in [-0.2, -0.15) is 0 Å². The third kappa shape index (κ3) is 3.40. The van der Waals surface area contributed by atoms with Gasteiger partial charge in [0.15, 0.2) is 0 Å². The van der Waals surface area contributed by atoms with E-state index in [4.69, 9.17) is 4.42 Å². The quantitative estimate of drug-likeness (QED) is 0.442. The maximum Gasteiger partial charge on any atom is 0.344 e. The van der Waals surface area contributed by atoms with Crippen LogP contribution in [0.3, 0.4) is 0 Å². The molecule has 1 aliphatic rings. The van der Waals surface area contributed by atoms with Gasteiger partial charge in [0, 0.05) is 42.8 Å². The van der Waals surface area contributed by atoms with Crippen molar-refractivity contribution >= 4 is 38.2 Å². The normalized spacial score (nSPS) is 17.8. The van der Waals surface area contributed by atoms with E-state index in [1.165, 1.54) is 0 Å². The van der Waals surface area contributed by atoms with Crippen LogP contribution in [0.25, 0.3) is 32.3 Å². The van der Waals surface area contributed by atoms with E-state index in [-0.39, 0.29) is 5.63 Å². The molecule has 154 valence electrons. The highest BCUT2D eigenvalue weighted by molar-refractivity contribution is 7.18. The molecule has 0 bridgehead atoms. The van der Waals surface area contributed by atoms with E-state index in [9.17, 15) is 4.79 Å². The van der Waals surface area contributed by atoms with E-state index in [0.717, 1.165) is 58.0 Å². The lowest BCUT2D eigenvalue weighted by Crippen LogP contribution is -2.51. The van der Waals surface area contributed by atoms with Gasteiger partial charge in [-0.25, -0.2) is 9.78 Å². The molecule has 3 heterocycles. The van der Waals surface area contributed by atoms with Crippen LogP contribution in [0, 0.1) is 6.92 Å². The second kappa shape index (κ2) is 7.52. The molecular formula is C24H25N3O2S. The first kappa shape index (κ1) is 19.3. The molecule has 1 atom stereocenters. The summed E-state index contributed by atoms with van der Waals surface area (Å²) in [6.07, 6.45) is 0. The fraction of sp³-hybridized carbons (Fsp3) is 0.333. The summed E-state index contributed by atoms with van der Waals surface area (Å²) in [7, 11) is 0. The first-order valence-electron chi connectivity index (χ1n) is 10.5. The molecular weight excluding hydrogens is 394 g/mol. The Morgan fingerprint density at radius 3 is 2.83 bits per heavy atom. The Balaban J connectivity index is 1.50. The van der Waals surface area contributed by atoms with Crippen LogP contribution in [0.4, 0.5) is 5.69 Å². The van der Waals surface area contributed by atoms with Gasteiger partial charge in [-0.3, -0.25) is 4.90 Å². The largest absolute Gasteiger partial charge is 0.422 e. The van der Waals surface area contributed by atoms with E-state index in [1.807, 2.05) is 37.3 Å². The lowest BCUT2D eigenvalue weighted by atomic mass is 10.1. The maximum atomic E-state index is 12.8. The van der Waals surface area contributed by atoms with E-state index < -0.39 is 0 Å². The number of piperazine rings is 1. The van der Waals surface area contributed by atoms with Crippen LogP contribution >= 0.6 is 11.3 Å². The first-order valence-corrected chi connectivity index (χ1v) is 11.3. The zero-order valence-corrected chi connectivity index (χ0v) is 18.3. The van der Waals surface area contributed by atoms with Crippen molar-refractivity contribution in [3.8, 4) is 11.1 Å². The van der Waals surface area contributed by atoms with Gasteiger partial charge in [-0.05, 0) is 56.3 Å². The highest BCUT2D eigenvalue weighted by Gasteiger charge is 2.23. The van der Waals surface area contributed by atoms with Crippen LogP contribution in [0.15, 0.2) is 51.7 Å². The van der Waals surface area contributed by atoms with E-state index in [0.29, 0.717) is 17.2 Å². The number of fused-ring (bicyclic) bond motifs is 2. The van der Waals surface area contributed by atoms with Crippen LogP contribution in [0.2, 0.25) is 0 Å². The first-order chi connectivity index (χ1) is 14.5. The number of anilines is 1. The number of hydrogen-bond donors (Lipinski definition) is 0. The minimum Gasteiger partial charge on any atom is -0.422 e. The van der Waals surface area contributed by atoms with Gasteiger partial charge in [0.1, 0.15) is 5.58 Å². The highest BCUT2D eigenvalue weighted by Crippen LogP contribution is 2.29. The van der Waals surface area contributed by atoms with Crippen molar-refractivity contribution < 1.29 is 4.42 Å². The van der Waals surface area contributed by atoms with E-state index in [1.54, 1.807) is 11.3 Å². The van der Waals surface area contributed by atoms with Gasteiger partial charge in [0.2, 0.25) is 0 Å². The Kier molecular flexibility index (Phi) is 4.83. The van der Waals surface area contributed by atoms with Gasteiger partial charge < -0.3 is 9.32 Å². The fourth-order valence-electron chi connectivity index (χ4n) is 4.40. The molecule has 0 spiro atoms. The van der Waals surface area contributed by atoms with Crippen molar-refractivity contribution in [3.05, 3.63) is 57.9 Å². The molecule has 0 N–H and O–H groups in total. The van der Waals surface area contributed by atoms with Gasteiger partial charge in [0.25, 0.3) is 0 Å². The van der Waals surface area contributed by atoms with Crippen molar-refractivity contribution in [1.29, 1.82) is 0 Å². The molecule has 5 rings (SSSR count). The average molecular weight is 420 g/mol. The molecule has 2 aromatic carbocycles. The topological polar surface area (TPSA) is 49.6 Å². The molecule has 1 fully saturated rings. The number of nitrogens with zero attached hydrogens (tertiary/aromatic N) is 3. The summed E-state index contributed by atoms with van der Waals surface area (Å²) in [6, 6.07) is 14.6. The van der Waals surface area contributed by atoms with Crippen molar-refractivity contribution in [2.75, 3.05) is 31.1 Å². The Bertz CT molecular complexity index is 1290. The predicted molar refractivity (Wildman–Crippen MR) is 125 cm³/mol. The van der Waals surface area contributed by atoms with Crippen molar-refractivity contribution in [3.63, 3.8) is 0 Å². The molecule has 5 nitrogen and oxygen atoms in total. The van der Waals surface area contributed by atoms with Crippen LogP contribution < -0.4 is 10.5 Å². The zero-order chi connectivity index (χ0) is 20.8. The van der Waals surface area contributed by atoms with Crippen molar-refractivity contribution in [2.45, 2.75) is 26.8 Å². The molecule has 1 saturated heterocycles. The molecule has 1 aliphatic heterocycles. The SMILES string of the molecule is CCN1CCN(c2ccc3cc(-c4ccc5nc(C)sc5c4)c(=O)oc3c2)C[C@@H]1C. The van der Waals surface area contributed by atoms with Gasteiger partial charge in [-0.15, -0.1) is 11.3 Å². The molecule has 0 amide bonds. The Morgan fingerprint density at radius 2 is 2.03 bits per heavy atom. The number of aryl methyl sites for hydroxylation is 1. The number of hydrogen-bond acceptors (Lipinski definition) is 6. The number of thiazole rings is 1. The second-order valence-electron chi connectivity index (χ2n) is 8.01. The predicted octanol–water partition coefficient (Wildman–Crippen LogP) is 4.91. The van der Waals surface area contributed by atoms with Crippen LogP contribution in [-0.4, -0.2) is 42.1 Å². The lowest BCUT2D eigenvalue weighted by Gasteiger charge is -2.40. The minimum absolute atomic E-state index is 0.301. The molecule has 0 radical (unpaired) electrons. The Hall–Kier alpha value is -2.70. The summed E-state index contributed by atoms with van der Waals surface area (Å²) in [6.45, 7) is 10.6.